The summed E-state index contributed by atoms with van der Waals surface area (Å²) in [6, 6.07) is 24.0. The molecular weight excluding hydrogens is 556 g/mol. The van der Waals surface area contributed by atoms with Crippen LogP contribution in [-0.4, -0.2) is 47.4 Å². The second kappa shape index (κ2) is 13.7. The number of hydrogen-bond acceptors (Lipinski definition) is 8. The van der Waals surface area contributed by atoms with E-state index in [1.807, 2.05) is 48.5 Å². The molecule has 9 nitrogen and oxygen atoms in total. The molecule has 0 amide bonds. The van der Waals surface area contributed by atoms with Crippen molar-refractivity contribution in [2.24, 2.45) is 0 Å². The maximum Gasteiger partial charge on any atom is 0.355 e. The topological polar surface area (TPSA) is 127 Å². The number of carboxylic acids is 1. The summed E-state index contributed by atoms with van der Waals surface area (Å²) in [7, 11) is 4.83. The van der Waals surface area contributed by atoms with E-state index in [0.29, 0.717) is 22.0 Å². The molecule has 0 radical (unpaired) electrons. The van der Waals surface area contributed by atoms with Crippen LogP contribution in [-0.2, 0) is 0 Å². The molecule has 1 N–H and O–H groups in total. The highest BCUT2D eigenvalue weighted by atomic mass is 35.5. The van der Waals surface area contributed by atoms with E-state index in [4.69, 9.17) is 36.2 Å². The second-order valence-electron chi connectivity index (χ2n) is 8.60. The van der Waals surface area contributed by atoms with Crippen molar-refractivity contribution < 1.29 is 24.1 Å². The van der Waals surface area contributed by atoms with Crippen LogP contribution < -0.4 is 14.2 Å². The van der Waals surface area contributed by atoms with Crippen LogP contribution in [0.2, 0.25) is 5.15 Å². The molecule has 10 heteroatoms. The van der Waals surface area contributed by atoms with E-state index in [9.17, 15) is 4.79 Å². The number of carbonyl (C=O) groups is 1. The van der Waals surface area contributed by atoms with Gasteiger partial charge in [0.05, 0.1) is 21.3 Å². The molecule has 3 aromatic carbocycles. The third-order valence-corrected chi connectivity index (χ3v) is 6.48. The lowest BCUT2D eigenvalue weighted by atomic mass is 10.1. The highest BCUT2D eigenvalue weighted by Crippen LogP contribution is 2.25. The molecule has 3 heterocycles. The van der Waals surface area contributed by atoms with Crippen LogP contribution >= 0.6 is 11.6 Å². The highest BCUT2D eigenvalue weighted by Gasteiger charge is 2.09. The van der Waals surface area contributed by atoms with Gasteiger partial charge in [-0.3, -0.25) is 0 Å². The van der Waals surface area contributed by atoms with Crippen molar-refractivity contribution in [3.8, 4) is 23.3 Å². The summed E-state index contributed by atoms with van der Waals surface area (Å²) < 4.78 is 15.2. The van der Waals surface area contributed by atoms with E-state index < -0.39 is 5.97 Å². The Morgan fingerprint density at radius 2 is 1.14 bits per heavy atom. The van der Waals surface area contributed by atoms with E-state index in [1.54, 1.807) is 58.0 Å². The van der Waals surface area contributed by atoms with E-state index in [2.05, 4.69) is 21.0 Å². The number of hydrogen-bond donors (Lipinski definition) is 1. The molecule has 0 unspecified atom stereocenters. The Morgan fingerprint density at radius 1 is 0.690 bits per heavy atom. The van der Waals surface area contributed by atoms with Gasteiger partial charge in [-0.25, -0.2) is 19.7 Å². The lowest BCUT2D eigenvalue weighted by Gasteiger charge is -2.03. The Kier molecular flexibility index (Phi) is 9.66. The number of methoxy groups -OCH3 is 3. The van der Waals surface area contributed by atoms with Crippen molar-refractivity contribution >= 4 is 49.9 Å². The van der Waals surface area contributed by atoms with Crippen LogP contribution in [0.1, 0.15) is 16.2 Å². The van der Waals surface area contributed by atoms with Gasteiger partial charge in [-0.1, -0.05) is 11.6 Å². The number of halogens is 1. The minimum absolute atomic E-state index is 0.0650. The number of nitriles is 1. The van der Waals surface area contributed by atoms with E-state index in [-0.39, 0.29) is 5.69 Å². The molecule has 0 bridgehead atoms. The Labute approximate surface area is 246 Å². The average molecular weight is 581 g/mol. The molecule has 0 aliphatic carbocycles. The lowest BCUT2D eigenvalue weighted by molar-refractivity contribution is 0.0693. The predicted molar refractivity (Wildman–Crippen MR) is 162 cm³/mol. The first kappa shape index (κ1) is 29.5. The van der Waals surface area contributed by atoms with Crippen LogP contribution in [0.4, 0.5) is 0 Å². The van der Waals surface area contributed by atoms with E-state index in [1.165, 1.54) is 6.20 Å². The number of rotatable bonds is 4. The first-order valence-corrected chi connectivity index (χ1v) is 12.8. The fraction of sp³-hybridized carbons (Fsp3) is 0.0938. The number of aromatic carboxylic acids is 1. The zero-order valence-corrected chi connectivity index (χ0v) is 23.7. The summed E-state index contributed by atoms with van der Waals surface area (Å²) in [6.45, 7) is 0. The van der Waals surface area contributed by atoms with Gasteiger partial charge in [0.15, 0.2) is 5.69 Å². The Balaban J connectivity index is 0.000000145. The van der Waals surface area contributed by atoms with Crippen molar-refractivity contribution in [2.75, 3.05) is 21.3 Å². The van der Waals surface area contributed by atoms with Crippen molar-refractivity contribution in [1.29, 1.82) is 5.26 Å². The first-order chi connectivity index (χ1) is 20.4. The normalized spacial score (nSPS) is 10.1. The predicted octanol–water partition coefficient (Wildman–Crippen LogP) is 6.95. The molecule has 0 spiro atoms. The minimum atomic E-state index is -1.02. The molecule has 0 saturated heterocycles. The second-order valence-corrected chi connectivity index (χ2v) is 8.96. The number of ether oxygens (including phenoxy) is 3. The number of fused-ring (bicyclic) bond motifs is 3. The van der Waals surface area contributed by atoms with Gasteiger partial charge in [0.2, 0.25) is 0 Å². The Hall–Kier alpha value is -5.46. The molecule has 0 atom stereocenters. The summed E-state index contributed by atoms with van der Waals surface area (Å²) in [5.41, 5.74) is 0.514. The summed E-state index contributed by atoms with van der Waals surface area (Å²) >= 11 is 5.90. The van der Waals surface area contributed by atoms with Crippen molar-refractivity contribution in [3.05, 3.63) is 108 Å². The molecule has 0 aliphatic rings. The molecule has 6 aromatic rings. The van der Waals surface area contributed by atoms with Crippen molar-refractivity contribution in [1.82, 2.24) is 15.0 Å². The van der Waals surface area contributed by atoms with Gasteiger partial charge in [-0.15, -0.1) is 0 Å². The van der Waals surface area contributed by atoms with Gasteiger partial charge in [-0.05, 0) is 89.0 Å². The van der Waals surface area contributed by atoms with Gasteiger partial charge >= 0.3 is 5.97 Å². The van der Waals surface area contributed by atoms with Gasteiger partial charge < -0.3 is 19.3 Å². The quantitative estimate of drug-likeness (QED) is 0.220. The van der Waals surface area contributed by atoms with Crippen LogP contribution in [0.25, 0.3) is 32.3 Å². The summed E-state index contributed by atoms with van der Waals surface area (Å²) in [6.07, 6.45) is 4.79. The Bertz CT molecular complexity index is 1920. The zero-order valence-electron chi connectivity index (χ0n) is 22.9. The van der Waals surface area contributed by atoms with Crippen molar-refractivity contribution in [2.45, 2.75) is 0 Å². The fourth-order valence-electron chi connectivity index (χ4n) is 4.07. The standard InChI is InChI=1S/C11H8N2O.C11H9NO3.C10H8ClNO/c1-14-9-2-3-10-8(6-9)4-5-13-11(10)7-12;1-15-8-2-3-9-7(6-8)4-5-12-10(9)11(13)14;1-13-8-2-3-9-7(6-8)4-5-12-10(9)11/h2-6H,1H3;2-6H,1H3,(H,13,14);2-6H,1H3. The highest BCUT2D eigenvalue weighted by molar-refractivity contribution is 6.34. The molecule has 3 aromatic heterocycles. The number of carboxylic acid groups (broad SMARTS) is 1. The van der Waals surface area contributed by atoms with Gasteiger partial charge in [0.1, 0.15) is 34.2 Å². The summed E-state index contributed by atoms with van der Waals surface area (Å²) in [5, 5.41) is 23.5. The fourth-order valence-corrected chi connectivity index (χ4v) is 4.30. The molecule has 210 valence electrons. The smallest absolute Gasteiger partial charge is 0.355 e. The Morgan fingerprint density at radius 3 is 1.67 bits per heavy atom. The lowest BCUT2D eigenvalue weighted by Crippen LogP contribution is -2.00. The van der Waals surface area contributed by atoms with E-state index >= 15 is 0 Å². The zero-order chi connectivity index (χ0) is 30.1. The third-order valence-electron chi connectivity index (χ3n) is 6.17. The first-order valence-electron chi connectivity index (χ1n) is 12.5. The third kappa shape index (κ3) is 6.81. The molecular formula is C32H25ClN4O5. The molecule has 0 aliphatic heterocycles. The van der Waals surface area contributed by atoms with Gasteiger partial charge in [0, 0.05) is 34.7 Å². The molecule has 42 heavy (non-hydrogen) atoms. The van der Waals surface area contributed by atoms with Crippen LogP contribution in [0, 0.1) is 11.3 Å². The van der Waals surface area contributed by atoms with Crippen LogP contribution in [0.3, 0.4) is 0 Å². The van der Waals surface area contributed by atoms with E-state index in [0.717, 1.165) is 38.4 Å². The van der Waals surface area contributed by atoms with Gasteiger partial charge in [-0.2, -0.15) is 5.26 Å². The molecule has 0 saturated carbocycles. The van der Waals surface area contributed by atoms with Crippen molar-refractivity contribution in [3.63, 3.8) is 0 Å². The number of pyridine rings is 3. The SMILES string of the molecule is COc1ccc2c(C#N)nccc2c1.COc1ccc2c(C(=O)O)nccc2c1.COc1ccc2c(Cl)nccc2c1. The maximum absolute atomic E-state index is 10.9. The molecule has 0 fully saturated rings. The van der Waals surface area contributed by atoms with Gasteiger partial charge in [0.25, 0.3) is 0 Å². The average Bonchev–Trinajstić information content (AvgIpc) is 3.04. The van der Waals surface area contributed by atoms with Crippen LogP contribution in [0.5, 0.6) is 17.2 Å². The summed E-state index contributed by atoms with van der Waals surface area (Å²) in [4.78, 5) is 22.7. The number of aromatic nitrogens is 3. The van der Waals surface area contributed by atoms with Crippen LogP contribution in [0.15, 0.2) is 91.4 Å². The molecule has 6 rings (SSSR count). The summed E-state index contributed by atoms with van der Waals surface area (Å²) in [5.74, 6) is 1.29. The largest absolute Gasteiger partial charge is 0.497 e. The number of benzene rings is 3. The minimum Gasteiger partial charge on any atom is -0.497 e. The number of nitrogens with zero attached hydrogens (tertiary/aromatic N) is 4. The maximum atomic E-state index is 10.9. The monoisotopic (exact) mass is 580 g/mol.